The monoisotopic (exact) mass is 199 g/mol. The summed E-state index contributed by atoms with van der Waals surface area (Å²) >= 11 is 0. The molecule has 0 radical (unpaired) electrons. The molecule has 0 unspecified atom stereocenters. The topological polar surface area (TPSA) is 12.0 Å². The molecule has 1 heteroatoms. The molecule has 0 aromatic heterocycles. The standard InChI is InChI=1S/C14H17N/c1-3-5-11-15-12-10-14-9-7-6-8-13(14)4-2/h1,4,6-9,15H,2,5,10-12H2. The second-order valence-electron chi connectivity index (χ2n) is 3.36. The van der Waals surface area contributed by atoms with E-state index < -0.39 is 0 Å². The van der Waals surface area contributed by atoms with Crippen LogP contribution in [0.5, 0.6) is 0 Å². The van der Waals surface area contributed by atoms with E-state index in [-0.39, 0.29) is 0 Å². The molecular weight excluding hydrogens is 182 g/mol. The number of benzene rings is 1. The van der Waals surface area contributed by atoms with E-state index in [1.807, 2.05) is 12.1 Å². The van der Waals surface area contributed by atoms with Gasteiger partial charge in [-0.25, -0.2) is 0 Å². The fourth-order valence-corrected chi connectivity index (χ4v) is 1.47. The van der Waals surface area contributed by atoms with Gasteiger partial charge in [-0.1, -0.05) is 36.9 Å². The third-order valence-electron chi connectivity index (χ3n) is 2.29. The zero-order valence-electron chi connectivity index (χ0n) is 9.00. The first-order chi connectivity index (χ1) is 7.38. The molecule has 15 heavy (non-hydrogen) atoms. The number of hydrogen-bond donors (Lipinski definition) is 1. The molecule has 0 bridgehead atoms. The highest BCUT2D eigenvalue weighted by atomic mass is 14.8. The molecule has 0 aliphatic heterocycles. The van der Waals surface area contributed by atoms with E-state index in [2.05, 4.69) is 36.0 Å². The Morgan fingerprint density at radius 1 is 1.33 bits per heavy atom. The molecule has 0 fully saturated rings. The fraction of sp³-hybridized carbons (Fsp3) is 0.286. The molecule has 0 aliphatic rings. The van der Waals surface area contributed by atoms with Gasteiger partial charge < -0.3 is 5.32 Å². The lowest BCUT2D eigenvalue weighted by atomic mass is 10.0. The van der Waals surface area contributed by atoms with Crippen molar-refractivity contribution in [3.63, 3.8) is 0 Å². The molecule has 1 aromatic carbocycles. The Morgan fingerprint density at radius 3 is 2.87 bits per heavy atom. The average molecular weight is 199 g/mol. The molecule has 1 N–H and O–H groups in total. The van der Waals surface area contributed by atoms with Gasteiger partial charge in [-0.3, -0.25) is 0 Å². The zero-order chi connectivity index (χ0) is 10.9. The molecule has 0 saturated heterocycles. The third-order valence-corrected chi connectivity index (χ3v) is 2.29. The van der Waals surface area contributed by atoms with E-state index in [4.69, 9.17) is 6.42 Å². The Hall–Kier alpha value is -1.52. The van der Waals surface area contributed by atoms with Crippen molar-refractivity contribution < 1.29 is 0 Å². The highest BCUT2D eigenvalue weighted by Crippen LogP contribution is 2.09. The summed E-state index contributed by atoms with van der Waals surface area (Å²) in [5.74, 6) is 2.61. The van der Waals surface area contributed by atoms with Gasteiger partial charge in [-0.2, -0.15) is 0 Å². The number of terminal acetylenes is 1. The van der Waals surface area contributed by atoms with Gasteiger partial charge in [0.25, 0.3) is 0 Å². The largest absolute Gasteiger partial charge is 0.315 e. The van der Waals surface area contributed by atoms with Crippen LogP contribution in [0.25, 0.3) is 6.08 Å². The lowest BCUT2D eigenvalue weighted by molar-refractivity contribution is 0.694. The summed E-state index contributed by atoms with van der Waals surface area (Å²) in [6, 6.07) is 8.32. The van der Waals surface area contributed by atoms with E-state index in [9.17, 15) is 0 Å². The fourth-order valence-electron chi connectivity index (χ4n) is 1.47. The lowest BCUT2D eigenvalue weighted by Gasteiger charge is -2.06. The van der Waals surface area contributed by atoms with Crippen molar-refractivity contribution in [3.8, 4) is 12.3 Å². The van der Waals surface area contributed by atoms with Crippen LogP contribution in [0.15, 0.2) is 30.8 Å². The van der Waals surface area contributed by atoms with Crippen molar-refractivity contribution in [1.82, 2.24) is 5.32 Å². The van der Waals surface area contributed by atoms with Crippen molar-refractivity contribution in [3.05, 3.63) is 42.0 Å². The van der Waals surface area contributed by atoms with Crippen LogP contribution in [-0.2, 0) is 6.42 Å². The lowest BCUT2D eigenvalue weighted by Crippen LogP contribution is -2.18. The summed E-state index contributed by atoms with van der Waals surface area (Å²) in [6.07, 6.45) is 8.88. The van der Waals surface area contributed by atoms with Crippen LogP contribution >= 0.6 is 0 Å². The molecular formula is C14H17N. The molecule has 1 nitrogen and oxygen atoms in total. The Balaban J connectivity index is 2.37. The van der Waals surface area contributed by atoms with Crippen LogP contribution < -0.4 is 5.32 Å². The first-order valence-electron chi connectivity index (χ1n) is 5.23. The van der Waals surface area contributed by atoms with Crippen LogP contribution in [0.2, 0.25) is 0 Å². The summed E-state index contributed by atoms with van der Waals surface area (Å²) in [6.45, 7) is 5.66. The molecule has 0 saturated carbocycles. The minimum Gasteiger partial charge on any atom is -0.315 e. The second kappa shape index (κ2) is 6.86. The quantitative estimate of drug-likeness (QED) is 0.548. The smallest absolute Gasteiger partial charge is 0.0211 e. The summed E-state index contributed by atoms with van der Waals surface area (Å²) in [4.78, 5) is 0. The highest BCUT2D eigenvalue weighted by Gasteiger charge is 1.96. The van der Waals surface area contributed by atoms with Crippen molar-refractivity contribution in [2.75, 3.05) is 13.1 Å². The summed E-state index contributed by atoms with van der Waals surface area (Å²) in [7, 11) is 0. The van der Waals surface area contributed by atoms with Crippen LogP contribution in [-0.4, -0.2) is 13.1 Å². The normalized spacial score (nSPS) is 9.53. The second-order valence-corrected chi connectivity index (χ2v) is 3.36. The first-order valence-corrected chi connectivity index (χ1v) is 5.23. The van der Waals surface area contributed by atoms with E-state index in [0.717, 1.165) is 25.9 Å². The molecule has 0 heterocycles. The molecule has 1 rings (SSSR count). The molecule has 1 aromatic rings. The zero-order valence-corrected chi connectivity index (χ0v) is 9.00. The van der Waals surface area contributed by atoms with Crippen molar-refractivity contribution >= 4 is 6.08 Å². The Labute approximate surface area is 92.2 Å². The van der Waals surface area contributed by atoms with Gasteiger partial charge in [0.1, 0.15) is 0 Å². The molecule has 0 atom stereocenters. The predicted octanol–water partition coefficient (Wildman–Crippen LogP) is 2.49. The van der Waals surface area contributed by atoms with Crippen LogP contribution in [0.4, 0.5) is 0 Å². The molecule has 78 valence electrons. The van der Waals surface area contributed by atoms with Gasteiger partial charge in [0.05, 0.1) is 0 Å². The van der Waals surface area contributed by atoms with Gasteiger partial charge in [-0.05, 0) is 24.1 Å². The number of rotatable bonds is 6. The summed E-state index contributed by atoms with van der Waals surface area (Å²) < 4.78 is 0. The van der Waals surface area contributed by atoms with Gasteiger partial charge in [0, 0.05) is 13.0 Å². The average Bonchev–Trinajstić information content (AvgIpc) is 2.29. The van der Waals surface area contributed by atoms with Gasteiger partial charge in [0.2, 0.25) is 0 Å². The SMILES string of the molecule is C#CCCNCCc1ccccc1C=C. The first kappa shape index (κ1) is 11.6. The number of hydrogen-bond acceptors (Lipinski definition) is 1. The maximum atomic E-state index is 5.16. The summed E-state index contributed by atoms with van der Waals surface area (Å²) in [5, 5.41) is 3.31. The van der Waals surface area contributed by atoms with Gasteiger partial charge in [0.15, 0.2) is 0 Å². The summed E-state index contributed by atoms with van der Waals surface area (Å²) in [5.41, 5.74) is 2.55. The third kappa shape index (κ3) is 4.01. The van der Waals surface area contributed by atoms with Crippen molar-refractivity contribution in [2.45, 2.75) is 12.8 Å². The Kier molecular flexibility index (Phi) is 5.29. The van der Waals surface area contributed by atoms with E-state index in [0.29, 0.717) is 0 Å². The highest BCUT2D eigenvalue weighted by molar-refractivity contribution is 5.51. The maximum absolute atomic E-state index is 5.16. The minimum atomic E-state index is 0.795. The van der Waals surface area contributed by atoms with E-state index >= 15 is 0 Å². The van der Waals surface area contributed by atoms with Gasteiger partial charge in [-0.15, -0.1) is 12.3 Å². The van der Waals surface area contributed by atoms with E-state index in [1.165, 1.54) is 11.1 Å². The van der Waals surface area contributed by atoms with Crippen molar-refractivity contribution in [1.29, 1.82) is 0 Å². The molecule has 0 amide bonds. The van der Waals surface area contributed by atoms with E-state index in [1.54, 1.807) is 0 Å². The minimum absolute atomic E-state index is 0.795. The number of nitrogens with one attached hydrogen (secondary N) is 1. The Bertz CT molecular complexity index is 347. The van der Waals surface area contributed by atoms with Gasteiger partial charge >= 0.3 is 0 Å². The van der Waals surface area contributed by atoms with Crippen LogP contribution in [0.3, 0.4) is 0 Å². The maximum Gasteiger partial charge on any atom is 0.0211 e. The van der Waals surface area contributed by atoms with Crippen LogP contribution in [0.1, 0.15) is 17.5 Å². The molecule has 0 aliphatic carbocycles. The molecule has 0 spiro atoms. The van der Waals surface area contributed by atoms with Crippen LogP contribution in [0, 0.1) is 12.3 Å². The Morgan fingerprint density at radius 2 is 2.13 bits per heavy atom. The van der Waals surface area contributed by atoms with Crippen molar-refractivity contribution in [2.24, 2.45) is 0 Å². The predicted molar refractivity (Wildman–Crippen MR) is 66.6 cm³/mol.